The Kier molecular flexibility index (Phi) is 14.1. The predicted molar refractivity (Wildman–Crippen MR) is 161 cm³/mol. The second-order valence-corrected chi connectivity index (χ2v) is 12.0. The summed E-state index contributed by atoms with van der Waals surface area (Å²) in [6.45, 7) is 6.99. The highest BCUT2D eigenvalue weighted by Gasteiger charge is 2.34. The molecule has 3 atom stereocenters. The van der Waals surface area contributed by atoms with Crippen LogP contribution in [-0.4, -0.2) is 103 Å². The highest BCUT2D eigenvalue weighted by atomic mass is 16.7. The van der Waals surface area contributed by atoms with E-state index in [0.717, 1.165) is 10.5 Å². The lowest BCUT2D eigenvalue weighted by Gasteiger charge is -2.31. The average molecular weight is 649 g/mol. The monoisotopic (exact) mass is 648 g/mol. The first-order valence-corrected chi connectivity index (χ1v) is 15.3. The molecule has 254 valence electrons. The SMILES string of the molecule is CC(C)(C)C(=O)OCc1cc(CCCOCCOCCNC(=O)CCN2C(=O)C=CC2=O)ccc1OC1CC(O)CC(C(=O)O)O1. The van der Waals surface area contributed by atoms with Crippen LogP contribution in [0, 0.1) is 5.41 Å². The van der Waals surface area contributed by atoms with Crippen molar-refractivity contribution in [2.24, 2.45) is 5.41 Å². The first-order chi connectivity index (χ1) is 21.8. The molecule has 1 saturated heterocycles. The lowest BCUT2D eigenvalue weighted by molar-refractivity contribution is -0.195. The molecule has 14 heteroatoms. The fourth-order valence-corrected chi connectivity index (χ4v) is 4.53. The van der Waals surface area contributed by atoms with Crippen LogP contribution in [0.15, 0.2) is 30.4 Å². The van der Waals surface area contributed by atoms with Crippen molar-refractivity contribution >= 4 is 29.7 Å². The second kappa shape index (κ2) is 17.7. The summed E-state index contributed by atoms with van der Waals surface area (Å²) in [5, 5.41) is 22.1. The molecule has 3 unspecified atom stereocenters. The Hall–Kier alpha value is -3.85. The van der Waals surface area contributed by atoms with Gasteiger partial charge in [0.2, 0.25) is 12.2 Å². The van der Waals surface area contributed by atoms with Gasteiger partial charge in [0, 0.05) is 56.7 Å². The average Bonchev–Trinajstić information content (AvgIpc) is 3.32. The molecule has 2 aliphatic rings. The Morgan fingerprint density at radius 2 is 1.72 bits per heavy atom. The summed E-state index contributed by atoms with van der Waals surface area (Å²) in [4.78, 5) is 59.7. The molecule has 0 aliphatic carbocycles. The third-order valence-electron chi connectivity index (χ3n) is 7.05. The number of carbonyl (C=O) groups excluding carboxylic acids is 4. The summed E-state index contributed by atoms with van der Waals surface area (Å²) >= 11 is 0. The lowest BCUT2D eigenvalue weighted by atomic mass is 9.97. The van der Waals surface area contributed by atoms with Gasteiger partial charge in [-0.15, -0.1) is 0 Å². The number of aliphatic hydroxyl groups is 1. The predicted octanol–water partition coefficient (Wildman–Crippen LogP) is 1.50. The van der Waals surface area contributed by atoms with Gasteiger partial charge in [0.15, 0.2) is 6.10 Å². The number of ether oxygens (including phenoxy) is 5. The maximum Gasteiger partial charge on any atom is 0.333 e. The van der Waals surface area contributed by atoms with E-state index in [2.05, 4.69) is 5.32 Å². The van der Waals surface area contributed by atoms with Gasteiger partial charge in [-0.3, -0.25) is 24.1 Å². The number of aliphatic carboxylic acids is 1. The van der Waals surface area contributed by atoms with Crippen molar-refractivity contribution in [3.8, 4) is 5.75 Å². The molecule has 1 fully saturated rings. The molecule has 0 saturated carbocycles. The summed E-state index contributed by atoms with van der Waals surface area (Å²) in [6, 6.07) is 5.42. The number of carboxylic acid groups (broad SMARTS) is 1. The highest BCUT2D eigenvalue weighted by Crippen LogP contribution is 2.28. The van der Waals surface area contributed by atoms with Gasteiger partial charge in [0.05, 0.1) is 31.3 Å². The molecule has 0 radical (unpaired) electrons. The van der Waals surface area contributed by atoms with E-state index in [0.29, 0.717) is 50.5 Å². The zero-order valence-corrected chi connectivity index (χ0v) is 26.5. The molecule has 1 aromatic rings. The van der Waals surface area contributed by atoms with E-state index in [4.69, 9.17) is 23.7 Å². The van der Waals surface area contributed by atoms with Crippen LogP contribution in [0.4, 0.5) is 0 Å². The number of carboxylic acids is 1. The van der Waals surface area contributed by atoms with Gasteiger partial charge in [-0.2, -0.15) is 0 Å². The van der Waals surface area contributed by atoms with Gasteiger partial charge in [0.25, 0.3) is 11.8 Å². The van der Waals surface area contributed by atoms with Gasteiger partial charge in [-0.05, 0) is 51.3 Å². The van der Waals surface area contributed by atoms with Crippen LogP contribution in [0.3, 0.4) is 0 Å². The second-order valence-electron chi connectivity index (χ2n) is 12.0. The van der Waals surface area contributed by atoms with Crippen LogP contribution in [-0.2, 0) is 55.9 Å². The van der Waals surface area contributed by atoms with E-state index in [-0.39, 0.29) is 50.9 Å². The van der Waals surface area contributed by atoms with Gasteiger partial charge in [-0.1, -0.05) is 6.07 Å². The number of benzene rings is 1. The van der Waals surface area contributed by atoms with Crippen LogP contribution < -0.4 is 10.1 Å². The Bertz CT molecular complexity index is 1240. The third kappa shape index (κ3) is 12.2. The molecule has 0 spiro atoms. The Morgan fingerprint density at radius 3 is 2.39 bits per heavy atom. The van der Waals surface area contributed by atoms with Gasteiger partial charge in [-0.25, -0.2) is 4.79 Å². The van der Waals surface area contributed by atoms with Crippen molar-refractivity contribution in [3.63, 3.8) is 0 Å². The molecule has 3 amide bonds. The van der Waals surface area contributed by atoms with Crippen LogP contribution in [0.25, 0.3) is 0 Å². The molecule has 3 N–H and O–H groups in total. The number of nitrogens with zero attached hydrogens (tertiary/aromatic N) is 1. The maximum atomic E-state index is 12.4. The fraction of sp³-hybridized carbons (Fsp3) is 0.594. The first-order valence-electron chi connectivity index (χ1n) is 15.3. The minimum Gasteiger partial charge on any atom is -0.479 e. The highest BCUT2D eigenvalue weighted by molar-refractivity contribution is 6.13. The summed E-state index contributed by atoms with van der Waals surface area (Å²) in [5.74, 6) is -2.31. The number of esters is 1. The number of aryl methyl sites for hydroxylation is 1. The molecule has 0 aromatic heterocycles. The minimum absolute atomic E-state index is 0.0217. The first kappa shape index (κ1) is 36.6. The molecular formula is C32H44N2O12. The van der Waals surface area contributed by atoms with Crippen molar-refractivity contribution in [1.29, 1.82) is 0 Å². The van der Waals surface area contributed by atoms with Crippen molar-refractivity contribution in [1.82, 2.24) is 10.2 Å². The maximum absolute atomic E-state index is 12.4. The number of hydrogen-bond acceptors (Lipinski definition) is 11. The quantitative estimate of drug-likeness (QED) is 0.118. The molecular weight excluding hydrogens is 604 g/mol. The van der Waals surface area contributed by atoms with Crippen molar-refractivity contribution in [2.75, 3.05) is 39.5 Å². The van der Waals surface area contributed by atoms with Crippen molar-refractivity contribution in [2.45, 2.75) is 78.0 Å². The van der Waals surface area contributed by atoms with Gasteiger partial charge < -0.3 is 39.2 Å². The number of hydrogen-bond donors (Lipinski definition) is 3. The largest absolute Gasteiger partial charge is 0.479 e. The van der Waals surface area contributed by atoms with Crippen LogP contribution in [0.2, 0.25) is 0 Å². The Morgan fingerprint density at radius 1 is 1.02 bits per heavy atom. The zero-order valence-electron chi connectivity index (χ0n) is 26.5. The molecule has 14 nitrogen and oxygen atoms in total. The number of nitrogens with one attached hydrogen (secondary N) is 1. The van der Waals surface area contributed by atoms with E-state index >= 15 is 0 Å². The van der Waals surface area contributed by atoms with E-state index in [1.54, 1.807) is 26.8 Å². The zero-order chi connectivity index (χ0) is 33.7. The molecule has 3 rings (SSSR count). The number of amides is 3. The molecule has 2 heterocycles. The van der Waals surface area contributed by atoms with Gasteiger partial charge >= 0.3 is 11.9 Å². The van der Waals surface area contributed by atoms with E-state index < -0.39 is 41.7 Å². The molecule has 2 aliphatic heterocycles. The molecule has 0 bridgehead atoms. The summed E-state index contributed by atoms with van der Waals surface area (Å²) in [6.07, 6.45) is 0.779. The minimum atomic E-state index is -1.18. The van der Waals surface area contributed by atoms with E-state index in [1.165, 1.54) is 12.2 Å². The topological polar surface area (TPSA) is 187 Å². The number of aliphatic hydroxyl groups excluding tert-OH is 1. The van der Waals surface area contributed by atoms with Gasteiger partial charge in [0.1, 0.15) is 12.4 Å². The van der Waals surface area contributed by atoms with Crippen LogP contribution >= 0.6 is 0 Å². The van der Waals surface area contributed by atoms with Crippen molar-refractivity contribution < 1.29 is 57.9 Å². The summed E-state index contributed by atoms with van der Waals surface area (Å²) in [7, 11) is 0. The van der Waals surface area contributed by atoms with E-state index in [9.17, 15) is 34.2 Å². The normalized spacial score (nSPS) is 19.7. The van der Waals surface area contributed by atoms with Crippen LogP contribution in [0.1, 0.15) is 57.6 Å². The standard InChI is InChI=1S/C32H44N2O12/c1-32(2,3)31(41)44-20-22-17-21(6-7-24(22)45-29-19-23(35)18-25(46-29)30(39)40)5-4-13-42-15-16-43-14-11-33-26(36)10-12-34-27(37)8-9-28(34)38/h6-9,17,23,25,29,35H,4-5,10-16,18-20H2,1-3H3,(H,33,36)(H,39,40). The Balaban J connectivity index is 1.37. The van der Waals surface area contributed by atoms with Crippen LogP contribution in [0.5, 0.6) is 5.75 Å². The molecule has 1 aromatic carbocycles. The number of rotatable bonds is 18. The lowest BCUT2D eigenvalue weighted by Crippen LogP contribution is -2.42. The Labute approximate surface area is 267 Å². The van der Waals surface area contributed by atoms with E-state index in [1.807, 2.05) is 12.1 Å². The van der Waals surface area contributed by atoms with Crippen molar-refractivity contribution in [3.05, 3.63) is 41.5 Å². The molecule has 46 heavy (non-hydrogen) atoms. The third-order valence-corrected chi connectivity index (χ3v) is 7.05. The summed E-state index contributed by atoms with van der Waals surface area (Å²) < 4.78 is 28.1. The number of carbonyl (C=O) groups is 5. The smallest absolute Gasteiger partial charge is 0.333 e. The fourth-order valence-electron chi connectivity index (χ4n) is 4.53. The number of imide groups is 1. The summed E-state index contributed by atoms with van der Waals surface area (Å²) in [5.41, 5.74) is 0.838.